The average molecular weight is 582 g/mol. The van der Waals surface area contributed by atoms with Gasteiger partial charge in [0.1, 0.15) is 22.1 Å². The molecular formula is C27H35N9O4S. The molecule has 0 aliphatic carbocycles. The molecule has 4 rings (SSSR count). The van der Waals surface area contributed by atoms with Crippen molar-refractivity contribution < 1.29 is 19.8 Å². The van der Waals surface area contributed by atoms with E-state index in [0.717, 1.165) is 22.9 Å². The monoisotopic (exact) mass is 581 g/mol. The second kappa shape index (κ2) is 12.2. The Hall–Kier alpha value is -4.14. The Morgan fingerprint density at radius 2 is 1.98 bits per heavy atom. The lowest BCUT2D eigenvalue weighted by molar-refractivity contribution is -0.116. The number of aryl methyl sites for hydroxylation is 1. The van der Waals surface area contributed by atoms with Crippen molar-refractivity contribution in [3.8, 4) is 5.88 Å². The lowest BCUT2D eigenvalue weighted by Crippen LogP contribution is -2.35. The van der Waals surface area contributed by atoms with Gasteiger partial charge in [0.15, 0.2) is 0 Å². The van der Waals surface area contributed by atoms with Gasteiger partial charge in [0, 0.05) is 39.5 Å². The number of aliphatic hydroxyl groups is 1. The van der Waals surface area contributed by atoms with Gasteiger partial charge in [-0.15, -0.1) is 0 Å². The van der Waals surface area contributed by atoms with E-state index in [9.17, 15) is 19.8 Å². The molecule has 3 aromatic heterocycles. The standard InChI is InChI=1S/C27H35N9O4S/c1-14(13-37)29-24(28)23-25(39)33-41-26(23)32-17-7-8-19(31-20(17)12-34(4)5)27(40)36-10-9-18-22(36)11-21(15(2)30-18)35(6)16(3)38/h7-8,11,14,32,37H,9-10,12-13H2,1-6H3,(H2,28,29)(H,33,39). The van der Waals surface area contributed by atoms with Crippen LogP contribution in [0.25, 0.3) is 0 Å². The summed E-state index contributed by atoms with van der Waals surface area (Å²) < 4.78 is 3.98. The zero-order chi connectivity index (χ0) is 30.0. The van der Waals surface area contributed by atoms with Crippen molar-refractivity contribution in [3.05, 3.63) is 46.5 Å². The van der Waals surface area contributed by atoms with Crippen LogP contribution in [0.4, 0.5) is 22.1 Å². The maximum Gasteiger partial charge on any atom is 0.276 e. The first kappa shape index (κ1) is 29.8. The van der Waals surface area contributed by atoms with Gasteiger partial charge in [0.05, 0.1) is 40.8 Å². The molecule has 0 aromatic carbocycles. The van der Waals surface area contributed by atoms with E-state index in [1.54, 1.807) is 31.0 Å². The first-order valence-electron chi connectivity index (χ1n) is 13.0. The van der Waals surface area contributed by atoms with Gasteiger partial charge in [-0.2, -0.15) is 4.37 Å². The quantitative estimate of drug-likeness (QED) is 0.186. The van der Waals surface area contributed by atoms with Crippen molar-refractivity contribution >= 4 is 51.2 Å². The number of carbonyl (C=O) groups is 2. The number of anilines is 4. The van der Waals surface area contributed by atoms with Crippen LogP contribution in [0.3, 0.4) is 0 Å². The second-order valence-electron chi connectivity index (χ2n) is 10.2. The Morgan fingerprint density at radius 1 is 1.24 bits per heavy atom. The third kappa shape index (κ3) is 6.29. The van der Waals surface area contributed by atoms with Crippen LogP contribution in [0.5, 0.6) is 5.88 Å². The summed E-state index contributed by atoms with van der Waals surface area (Å²) in [5.74, 6) is -0.798. The van der Waals surface area contributed by atoms with E-state index in [4.69, 9.17) is 10.4 Å². The smallest absolute Gasteiger partial charge is 0.276 e. The topological polar surface area (TPSA) is 171 Å². The highest BCUT2D eigenvalue weighted by atomic mass is 32.1. The fourth-order valence-electron chi connectivity index (χ4n) is 4.48. The van der Waals surface area contributed by atoms with Crippen molar-refractivity contribution in [2.45, 2.75) is 39.8 Å². The fraction of sp³-hybridized carbons (Fsp3) is 0.407. The van der Waals surface area contributed by atoms with E-state index in [2.05, 4.69) is 20.0 Å². The maximum atomic E-state index is 13.7. The van der Waals surface area contributed by atoms with Gasteiger partial charge in [-0.25, -0.2) is 4.98 Å². The van der Waals surface area contributed by atoms with Crippen LogP contribution in [0.2, 0.25) is 0 Å². The van der Waals surface area contributed by atoms with Gasteiger partial charge >= 0.3 is 0 Å². The zero-order valence-corrected chi connectivity index (χ0v) is 24.8. The van der Waals surface area contributed by atoms with E-state index in [1.807, 2.05) is 32.0 Å². The lowest BCUT2D eigenvalue weighted by atomic mass is 10.2. The number of carbonyl (C=O) groups excluding carboxylic acids is 2. The molecule has 218 valence electrons. The van der Waals surface area contributed by atoms with Gasteiger partial charge in [0.2, 0.25) is 11.8 Å². The fourth-order valence-corrected chi connectivity index (χ4v) is 5.19. The SMILES string of the molecule is CC(=O)N(C)c1cc2c(nc1C)CCN2C(=O)c1ccc(Nc2snc(O)c2C(=N)NC(C)CO)c(CN(C)C)n1. The van der Waals surface area contributed by atoms with Gasteiger partial charge in [-0.05, 0) is 57.7 Å². The molecule has 0 saturated heterocycles. The van der Waals surface area contributed by atoms with Crippen molar-refractivity contribution in [1.29, 1.82) is 5.41 Å². The average Bonchev–Trinajstić information content (AvgIpc) is 3.50. The largest absolute Gasteiger partial charge is 0.492 e. The molecule has 4 heterocycles. The first-order valence-corrected chi connectivity index (χ1v) is 13.8. The number of nitrogens with one attached hydrogen (secondary N) is 3. The van der Waals surface area contributed by atoms with Crippen LogP contribution < -0.4 is 20.4 Å². The number of aliphatic hydroxyl groups excluding tert-OH is 1. The molecule has 1 atom stereocenters. The molecule has 0 fully saturated rings. The number of aromatic hydroxyl groups is 1. The van der Waals surface area contributed by atoms with Crippen LogP contribution in [0, 0.1) is 12.3 Å². The number of hydrogen-bond acceptors (Lipinski definition) is 11. The maximum absolute atomic E-state index is 13.7. The van der Waals surface area contributed by atoms with Gasteiger partial charge in [-0.1, -0.05) is 0 Å². The van der Waals surface area contributed by atoms with E-state index in [0.29, 0.717) is 47.3 Å². The van der Waals surface area contributed by atoms with Gasteiger partial charge < -0.3 is 35.5 Å². The Kier molecular flexibility index (Phi) is 8.85. The van der Waals surface area contributed by atoms with E-state index in [1.165, 1.54) is 11.8 Å². The van der Waals surface area contributed by atoms with Gasteiger partial charge in [-0.3, -0.25) is 20.0 Å². The predicted molar refractivity (Wildman–Crippen MR) is 159 cm³/mol. The molecule has 13 nitrogen and oxygen atoms in total. The molecule has 0 bridgehead atoms. The molecule has 1 aliphatic heterocycles. The molecule has 0 saturated carbocycles. The van der Waals surface area contributed by atoms with Crippen molar-refractivity contribution in [2.75, 3.05) is 49.4 Å². The highest BCUT2D eigenvalue weighted by Crippen LogP contribution is 2.35. The van der Waals surface area contributed by atoms with Crippen LogP contribution in [-0.2, 0) is 17.8 Å². The molecule has 5 N–H and O–H groups in total. The van der Waals surface area contributed by atoms with Crippen LogP contribution >= 0.6 is 11.5 Å². The van der Waals surface area contributed by atoms with Crippen LogP contribution in [0.1, 0.15) is 47.0 Å². The molecule has 1 unspecified atom stereocenters. The molecule has 2 amide bonds. The normalized spacial score (nSPS) is 13.2. The summed E-state index contributed by atoms with van der Waals surface area (Å²) in [6, 6.07) is 4.81. The molecule has 1 aliphatic rings. The lowest BCUT2D eigenvalue weighted by Gasteiger charge is -2.22. The summed E-state index contributed by atoms with van der Waals surface area (Å²) >= 11 is 0.986. The van der Waals surface area contributed by atoms with E-state index in [-0.39, 0.29) is 47.4 Å². The molecule has 14 heteroatoms. The zero-order valence-electron chi connectivity index (χ0n) is 23.9. The van der Waals surface area contributed by atoms with E-state index >= 15 is 0 Å². The number of rotatable bonds is 9. The highest BCUT2D eigenvalue weighted by Gasteiger charge is 2.30. The number of aromatic nitrogens is 3. The summed E-state index contributed by atoms with van der Waals surface area (Å²) in [6.45, 7) is 5.72. The molecule has 0 radical (unpaired) electrons. The number of nitrogens with zero attached hydrogens (tertiary/aromatic N) is 6. The van der Waals surface area contributed by atoms with Crippen LogP contribution in [0.15, 0.2) is 18.2 Å². The second-order valence-corrected chi connectivity index (χ2v) is 11.0. The minimum atomic E-state index is -0.389. The number of hydrogen-bond donors (Lipinski definition) is 5. The van der Waals surface area contributed by atoms with Crippen molar-refractivity contribution in [3.63, 3.8) is 0 Å². The number of pyridine rings is 2. The van der Waals surface area contributed by atoms with E-state index < -0.39 is 0 Å². The van der Waals surface area contributed by atoms with Crippen molar-refractivity contribution in [2.24, 2.45) is 0 Å². The Morgan fingerprint density at radius 3 is 2.63 bits per heavy atom. The van der Waals surface area contributed by atoms with Gasteiger partial charge in [0.25, 0.3) is 5.91 Å². The minimum absolute atomic E-state index is 0.0828. The Labute approximate surface area is 242 Å². The molecule has 3 aromatic rings. The molecule has 41 heavy (non-hydrogen) atoms. The minimum Gasteiger partial charge on any atom is -0.492 e. The third-order valence-electron chi connectivity index (χ3n) is 6.68. The summed E-state index contributed by atoms with van der Waals surface area (Å²) in [4.78, 5) is 40.2. The summed E-state index contributed by atoms with van der Waals surface area (Å²) in [6.07, 6.45) is 0.600. The Balaban J connectivity index is 1.65. The third-order valence-corrected chi connectivity index (χ3v) is 7.43. The number of amidine groups is 1. The number of fused-ring (bicyclic) bond motifs is 1. The Bertz CT molecular complexity index is 1490. The molecule has 0 spiro atoms. The van der Waals surface area contributed by atoms with Crippen molar-refractivity contribution in [1.82, 2.24) is 24.6 Å². The number of amides is 2. The predicted octanol–water partition coefficient (Wildman–Crippen LogP) is 2.23. The first-order chi connectivity index (χ1) is 19.4. The summed E-state index contributed by atoms with van der Waals surface area (Å²) in [5, 5.41) is 34.5. The summed E-state index contributed by atoms with van der Waals surface area (Å²) in [5.41, 5.74) is 4.43. The highest BCUT2D eigenvalue weighted by molar-refractivity contribution is 7.11. The molecular weight excluding hydrogens is 546 g/mol. The summed E-state index contributed by atoms with van der Waals surface area (Å²) in [7, 11) is 5.45. The van der Waals surface area contributed by atoms with Crippen LogP contribution in [-0.4, -0.2) is 87.4 Å².